The van der Waals surface area contributed by atoms with Gasteiger partial charge in [-0.15, -0.1) is 0 Å². The minimum absolute atomic E-state index is 0.747. The van der Waals surface area contributed by atoms with Gasteiger partial charge < -0.3 is 0 Å². The van der Waals surface area contributed by atoms with E-state index in [0.29, 0.717) is 0 Å². The molecule has 1 rings (SSSR count). The van der Waals surface area contributed by atoms with Gasteiger partial charge in [-0.1, -0.05) is 6.92 Å². The highest BCUT2D eigenvalue weighted by molar-refractivity contribution is 5.52. The van der Waals surface area contributed by atoms with Crippen molar-refractivity contribution in [2.75, 3.05) is 26.3 Å². The molecule has 76 valence electrons. The summed E-state index contributed by atoms with van der Waals surface area (Å²) in [6.45, 7) is 8.51. The number of rotatable bonds is 5. The topological polar surface area (TPSA) is 27.6 Å². The Morgan fingerprint density at radius 1 is 1.62 bits per heavy atom. The van der Waals surface area contributed by atoms with Crippen molar-refractivity contribution in [3.63, 3.8) is 0 Å². The predicted octanol–water partition coefficient (Wildman–Crippen LogP) is 1.11. The van der Waals surface area contributed by atoms with Crippen LogP contribution in [0, 0.1) is 0 Å². The zero-order chi connectivity index (χ0) is 9.52. The van der Waals surface area contributed by atoms with Gasteiger partial charge in [0.05, 0.1) is 6.67 Å². The fraction of sp³-hybridized carbons (Fsp3) is 0.900. The van der Waals surface area contributed by atoms with Crippen molar-refractivity contribution < 1.29 is 0 Å². The van der Waals surface area contributed by atoms with Crippen LogP contribution < -0.4 is 5.32 Å². The lowest BCUT2D eigenvalue weighted by Crippen LogP contribution is -2.37. The summed E-state index contributed by atoms with van der Waals surface area (Å²) in [6.07, 6.45) is 4.55. The fourth-order valence-electron chi connectivity index (χ4n) is 1.93. The molecule has 0 amide bonds. The summed E-state index contributed by atoms with van der Waals surface area (Å²) >= 11 is 0. The zero-order valence-electron chi connectivity index (χ0n) is 8.79. The van der Waals surface area contributed by atoms with E-state index in [9.17, 15) is 0 Å². The molecule has 0 radical (unpaired) electrons. The van der Waals surface area contributed by atoms with E-state index in [4.69, 9.17) is 0 Å². The number of likely N-dealkylation sites (tertiary alicyclic amines) is 1. The third kappa shape index (κ3) is 3.44. The van der Waals surface area contributed by atoms with Crippen molar-refractivity contribution in [2.45, 2.75) is 32.7 Å². The molecule has 3 heteroatoms. The van der Waals surface area contributed by atoms with Gasteiger partial charge in [0, 0.05) is 12.6 Å². The monoisotopic (exact) mass is 183 g/mol. The molecular weight excluding hydrogens is 162 g/mol. The van der Waals surface area contributed by atoms with E-state index >= 15 is 0 Å². The van der Waals surface area contributed by atoms with Crippen LogP contribution in [0.15, 0.2) is 4.99 Å². The van der Waals surface area contributed by atoms with Gasteiger partial charge in [-0.05, 0) is 39.1 Å². The Labute approximate surface area is 81.2 Å². The first-order valence-electron chi connectivity index (χ1n) is 5.27. The second kappa shape index (κ2) is 6.11. The smallest absolute Gasteiger partial charge is 0.0880 e. The standard InChI is InChI=1S/C10H21N3/c1-3-11-9-12-8-10-6-5-7-13(10)4-2/h3,10,12H,4-9H2,1-2H3. The van der Waals surface area contributed by atoms with Gasteiger partial charge in [0.15, 0.2) is 0 Å². The van der Waals surface area contributed by atoms with E-state index in [2.05, 4.69) is 22.1 Å². The van der Waals surface area contributed by atoms with Gasteiger partial charge >= 0.3 is 0 Å². The summed E-state index contributed by atoms with van der Waals surface area (Å²) in [4.78, 5) is 6.67. The molecule has 1 fully saturated rings. The van der Waals surface area contributed by atoms with Gasteiger partial charge in [0.2, 0.25) is 0 Å². The lowest BCUT2D eigenvalue weighted by molar-refractivity contribution is 0.261. The van der Waals surface area contributed by atoms with Crippen molar-refractivity contribution in [3.8, 4) is 0 Å². The Balaban J connectivity index is 2.12. The van der Waals surface area contributed by atoms with Crippen molar-refractivity contribution in [2.24, 2.45) is 4.99 Å². The third-order valence-electron chi connectivity index (χ3n) is 2.67. The van der Waals surface area contributed by atoms with E-state index < -0.39 is 0 Å². The molecule has 0 aromatic carbocycles. The van der Waals surface area contributed by atoms with Crippen molar-refractivity contribution in [1.29, 1.82) is 0 Å². The minimum atomic E-state index is 0.747. The van der Waals surface area contributed by atoms with E-state index in [-0.39, 0.29) is 0 Å². The molecule has 0 spiro atoms. The molecular formula is C10H21N3. The molecule has 1 N–H and O–H groups in total. The number of nitrogens with zero attached hydrogens (tertiary/aromatic N) is 2. The van der Waals surface area contributed by atoms with E-state index in [1.54, 1.807) is 0 Å². The maximum Gasteiger partial charge on any atom is 0.0880 e. The highest BCUT2D eigenvalue weighted by atomic mass is 15.2. The second-order valence-electron chi connectivity index (χ2n) is 3.48. The van der Waals surface area contributed by atoms with Crippen LogP contribution in [0.4, 0.5) is 0 Å². The first-order chi connectivity index (χ1) is 6.38. The Bertz CT molecular complexity index is 156. The Morgan fingerprint density at radius 3 is 3.15 bits per heavy atom. The first-order valence-corrected chi connectivity index (χ1v) is 5.27. The lowest BCUT2D eigenvalue weighted by atomic mass is 10.2. The van der Waals surface area contributed by atoms with E-state index in [1.807, 2.05) is 13.1 Å². The third-order valence-corrected chi connectivity index (χ3v) is 2.67. The maximum atomic E-state index is 4.13. The highest BCUT2D eigenvalue weighted by Crippen LogP contribution is 2.15. The van der Waals surface area contributed by atoms with Crippen LogP contribution >= 0.6 is 0 Å². The van der Waals surface area contributed by atoms with Gasteiger partial charge in [0.1, 0.15) is 0 Å². The molecule has 1 aliphatic rings. The van der Waals surface area contributed by atoms with Crippen molar-refractivity contribution >= 4 is 6.21 Å². The van der Waals surface area contributed by atoms with Crippen molar-refractivity contribution in [3.05, 3.63) is 0 Å². The normalized spacial score (nSPS) is 24.6. The summed E-state index contributed by atoms with van der Waals surface area (Å²) in [7, 11) is 0. The Morgan fingerprint density at radius 2 is 2.46 bits per heavy atom. The summed E-state index contributed by atoms with van der Waals surface area (Å²) in [5.41, 5.74) is 0. The Hall–Kier alpha value is -0.410. The molecule has 1 heterocycles. The fourth-order valence-corrected chi connectivity index (χ4v) is 1.93. The SMILES string of the molecule is CC=NCNCC1CCCN1CC. The number of likely N-dealkylation sites (N-methyl/N-ethyl adjacent to an activating group) is 1. The maximum absolute atomic E-state index is 4.13. The molecule has 0 saturated carbocycles. The molecule has 1 unspecified atom stereocenters. The van der Waals surface area contributed by atoms with E-state index in [0.717, 1.165) is 19.3 Å². The number of hydrogen-bond acceptors (Lipinski definition) is 3. The largest absolute Gasteiger partial charge is 0.299 e. The zero-order valence-corrected chi connectivity index (χ0v) is 8.79. The molecule has 0 aromatic rings. The van der Waals surface area contributed by atoms with Crippen molar-refractivity contribution in [1.82, 2.24) is 10.2 Å². The van der Waals surface area contributed by atoms with Gasteiger partial charge in [-0.2, -0.15) is 0 Å². The molecule has 1 aliphatic heterocycles. The molecule has 3 nitrogen and oxygen atoms in total. The summed E-state index contributed by atoms with van der Waals surface area (Å²) in [6, 6.07) is 0.747. The predicted molar refractivity (Wildman–Crippen MR) is 57.3 cm³/mol. The summed E-state index contributed by atoms with van der Waals surface area (Å²) < 4.78 is 0. The van der Waals surface area contributed by atoms with Crippen LogP contribution in [-0.2, 0) is 0 Å². The van der Waals surface area contributed by atoms with Crippen LogP contribution in [0.5, 0.6) is 0 Å². The molecule has 0 aromatic heterocycles. The van der Waals surface area contributed by atoms with Gasteiger partial charge in [-0.3, -0.25) is 15.2 Å². The number of aliphatic imine (C=N–C) groups is 1. The molecule has 13 heavy (non-hydrogen) atoms. The first kappa shape index (κ1) is 10.7. The molecule has 0 aliphatic carbocycles. The Kier molecular flexibility index (Phi) is 5.01. The minimum Gasteiger partial charge on any atom is -0.299 e. The lowest BCUT2D eigenvalue weighted by Gasteiger charge is -2.22. The second-order valence-corrected chi connectivity index (χ2v) is 3.48. The quantitative estimate of drug-likeness (QED) is 0.511. The average molecular weight is 183 g/mol. The van der Waals surface area contributed by atoms with Gasteiger partial charge in [0.25, 0.3) is 0 Å². The van der Waals surface area contributed by atoms with Crippen LogP contribution in [-0.4, -0.2) is 43.5 Å². The highest BCUT2D eigenvalue weighted by Gasteiger charge is 2.21. The van der Waals surface area contributed by atoms with Crippen LogP contribution in [0.25, 0.3) is 0 Å². The van der Waals surface area contributed by atoms with Crippen LogP contribution in [0.1, 0.15) is 26.7 Å². The summed E-state index contributed by atoms with van der Waals surface area (Å²) in [5.74, 6) is 0. The van der Waals surface area contributed by atoms with Crippen LogP contribution in [0.3, 0.4) is 0 Å². The molecule has 1 atom stereocenters. The average Bonchev–Trinajstić information content (AvgIpc) is 2.60. The van der Waals surface area contributed by atoms with Crippen LogP contribution in [0.2, 0.25) is 0 Å². The summed E-state index contributed by atoms with van der Waals surface area (Å²) in [5, 5.41) is 3.35. The molecule has 1 saturated heterocycles. The number of nitrogens with one attached hydrogen (secondary N) is 1. The van der Waals surface area contributed by atoms with Gasteiger partial charge in [-0.25, -0.2) is 0 Å². The molecule has 0 bridgehead atoms. The number of hydrogen-bond donors (Lipinski definition) is 1. The van der Waals surface area contributed by atoms with E-state index in [1.165, 1.54) is 25.9 Å².